The summed E-state index contributed by atoms with van der Waals surface area (Å²) in [6, 6.07) is 4.18. The summed E-state index contributed by atoms with van der Waals surface area (Å²) in [5, 5.41) is 12.7. The Labute approximate surface area is 116 Å². The minimum Gasteiger partial charge on any atom is -0.397 e. The summed E-state index contributed by atoms with van der Waals surface area (Å²) in [6.45, 7) is 0. The number of nitro benzene ring substituents is 1. The highest BCUT2D eigenvalue weighted by Gasteiger charge is 2.24. The van der Waals surface area contributed by atoms with Crippen LogP contribution >= 0.6 is 0 Å². The first-order valence-corrected chi connectivity index (χ1v) is 5.56. The van der Waals surface area contributed by atoms with Gasteiger partial charge in [-0.3, -0.25) is 14.9 Å². The van der Waals surface area contributed by atoms with E-state index < -0.39 is 33.8 Å². The lowest BCUT2D eigenvalue weighted by Gasteiger charge is -2.08. The SMILES string of the molecule is Nc1cccnc1C(=O)Nc1c([N+](=O)[O-])ccc(F)c1F. The first-order valence-electron chi connectivity index (χ1n) is 5.56. The molecule has 0 aliphatic carbocycles. The minimum absolute atomic E-state index is 0.00513. The van der Waals surface area contributed by atoms with E-state index in [-0.39, 0.29) is 11.4 Å². The van der Waals surface area contributed by atoms with Crippen molar-refractivity contribution in [3.63, 3.8) is 0 Å². The van der Waals surface area contributed by atoms with Gasteiger partial charge in [-0.1, -0.05) is 0 Å². The van der Waals surface area contributed by atoms with E-state index in [1.807, 2.05) is 5.32 Å². The van der Waals surface area contributed by atoms with Crippen LogP contribution in [0.3, 0.4) is 0 Å². The van der Waals surface area contributed by atoms with E-state index in [4.69, 9.17) is 5.73 Å². The molecule has 0 atom stereocenters. The highest BCUT2D eigenvalue weighted by molar-refractivity contribution is 6.07. The third-order valence-electron chi connectivity index (χ3n) is 2.56. The van der Waals surface area contributed by atoms with Crippen molar-refractivity contribution in [3.05, 3.63) is 57.9 Å². The summed E-state index contributed by atoms with van der Waals surface area (Å²) < 4.78 is 26.8. The number of benzene rings is 1. The van der Waals surface area contributed by atoms with Gasteiger partial charge in [0.1, 0.15) is 0 Å². The van der Waals surface area contributed by atoms with Crippen molar-refractivity contribution in [2.45, 2.75) is 0 Å². The van der Waals surface area contributed by atoms with Crippen LogP contribution in [0.4, 0.5) is 25.8 Å². The third-order valence-corrected chi connectivity index (χ3v) is 2.56. The van der Waals surface area contributed by atoms with Crippen LogP contribution in [-0.2, 0) is 0 Å². The zero-order valence-electron chi connectivity index (χ0n) is 10.3. The Morgan fingerprint density at radius 3 is 2.67 bits per heavy atom. The number of nitrogen functional groups attached to an aromatic ring is 1. The van der Waals surface area contributed by atoms with Crippen molar-refractivity contribution in [3.8, 4) is 0 Å². The minimum atomic E-state index is -1.54. The largest absolute Gasteiger partial charge is 0.397 e. The van der Waals surface area contributed by atoms with Crippen LogP contribution in [0.2, 0.25) is 0 Å². The molecular formula is C12H8F2N4O3. The molecule has 1 aromatic heterocycles. The van der Waals surface area contributed by atoms with Gasteiger partial charge < -0.3 is 11.1 Å². The second-order valence-electron chi connectivity index (χ2n) is 3.91. The maximum absolute atomic E-state index is 13.7. The van der Waals surface area contributed by atoms with Crippen LogP contribution in [0, 0.1) is 21.7 Å². The average Bonchev–Trinajstić information content (AvgIpc) is 2.44. The molecule has 0 aliphatic heterocycles. The molecule has 108 valence electrons. The molecule has 0 unspecified atom stereocenters. The predicted molar refractivity (Wildman–Crippen MR) is 69.6 cm³/mol. The van der Waals surface area contributed by atoms with Crippen LogP contribution in [-0.4, -0.2) is 15.8 Å². The van der Waals surface area contributed by atoms with Gasteiger partial charge in [-0.2, -0.15) is 0 Å². The first-order chi connectivity index (χ1) is 9.91. The Balaban J connectivity index is 2.44. The predicted octanol–water partition coefficient (Wildman–Crippen LogP) is 2.10. The van der Waals surface area contributed by atoms with Crippen molar-refractivity contribution < 1.29 is 18.5 Å². The molecule has 0 saturated heterocycles. The molecule has 0 fully saturated rings. The molecule has 9 heteroatoms. The summed E-state index contributed by atoms with van der Waals surface area (Å²) >= 11 is 0. The zero-order chi connectivity index (χ0) is 15.6. The molecule has 2 aromatic rings. The summed E-state index contributed by atoms with van der Waals surface area (Å²) in [5.74, 6) is -3.85. The zero-order valence-corrected chi connectivity index (χ0v) is 10.3. The van der Waals surface area contributed by atoms with E-state index in [9.17, 15) is 23.7 Å². The number of carbonyl (C=O) groups excluding carboxylic acids is 1. The molecule has 0 saturated carbocycles. The van der Waals surface area contributed by atoms with Crippen molar-refractivity contribution in [2.75, 3.05) is 11.1 Å². The Kier molecular flexibility index (Phi) is 3.74. The van der Waals surface area contributed by atoms with Crippen molar-refractivity contribution in [2.24, 2.45) is 0 Å². The van der Waals surface area contributed by atoms with Gasteiger partial charge in [0.2, 0.25) is 0 Å². The van der Waals surface area contributed by atoms with Gasteiger partial charge in [0.05, 0.1) is 10.6 Å². The second-order valence-corrected chi connectivity index (χ2v) is 3.91. The Bertz CT molecular complexity index is 736. The number of amides is 1. The lowest BCUT2D eigenvalue weighted by molar-refractivity contribution is -0.384. The lowest BCUT2D eigenvalue weighted by atomic mass is 10.2. The van der Waals surface area contributed by atoms with Crippen LogP contribution in [0.15, 0.2) is 30.5 Å². The molecule has 0 spiro atoms. The van der Waals surface area contributed by atoms with Crippen LogP contribution in [0.1, 0.15) is 10.5 Å². The van der Waals surface area contributed by atoms with Gasteiger partial charge >= 0.3 is 0 Å². The number of hydrogen-bond donors (Lipinski definition) is 2. The molecule has 0 aliphatic rings. The molecule has 1 heterocycles. The normalized spacial score (nSPS) is 10.2. The van der Waals surface area contributed by atoms with Crippen molar-refractivity contribution >= 4 is 23.0 Å². The smallest absolute Gasteiger partial charge is 0.296 e. The number of nitrogens with zero attached hydrogens (tertiary/aromatic N) is 2. The van der Waals surface area contributed by atoms with E-state index >= 15 is 0 Å². The van der Waals surface area contributed by atoms with Gasteiger partial charge in [-0.15, -0.1) is 0 Å². The van der Waals surface area contributed by atoms with Gasteiger partial charge in [0.15, 0.2) is 23.0 Å². The third kappa shape index (κ3) is 2.76. The lowest BCUT2D eigenvalue weighted by Crippen LogP contribution is -2.18. The molecule has 21 heavy (non-hydrogen) atoms. The fourth-order valence-electron chi connectivity index (χ4n) is 1.59. The van der Waals surface area contributed by atoms with Crippen molar-refractivity contribution in [1.29, 1.82) is 0 Å². The van der Waals surface area contributed by atoms with E-state index in [0.29, 0.717) is 6.07 Å². The van der Waals surface area contributed by atoms with E-state index in [1.165, 1.54) is 18.3 Å². The number of nitrogens with one attached hydrogen (secondary N) is 1. The number of hydrogen-bond acceptors (Lipinski definition) is 5. The maximum Gasteiger partial charge on any atom is 0.296 e. The van der Waals surface area contributed by atoms with Crippen LogP contribution in [0.5, 0.6) is 0 Å². The monoisotopic (exact) mass is 294 g/mol. The van der Waals surface area contributed by atoms with Crippen molar-refractivity contribution in [1.82, 2.24) is 4.98 Å². The van der Waals surface area contributed by atoms with Crippen LogP contribution in [0.25, 0.3) is 0 Å². The Morgan fingerprint density at radius 1 is 1.33 bits per heavy atom. The van der Waals surface area contributed by atoms with E-state index in [0.717, 1.165) is 6.07 Å². The van der Waals surface area contributed by atoms with Gasteiger partial charge in [0, 0.05) is 12.3 Å². The molecule has 3 N–H and O–H groups in total. The Morgan fingerprint density at radius 2 is 2.05 bits per heavy atom. The standard InChI is InChI=1S/C12H8F2N4O3/c13-6-3-4-8(18(20)21)11(9(6)14)17-12(19)10-7(15)2-1-5-16-10/h1-5H,15H2,(H,17,19). The number of halogens is 2. The van der Waals surface area contributed by atoms with Gasteiger partial charge in [-0.25, -0.2) is 13.8 Å². The van der Waals surface area contributed by atoms with E-state index in [2.05, 4.69) is 4.98 Å². The molecule has 0 radical (unpaired) electrons. The number of pyridine rings is 1. The number of nitrogens with two attached hydrogens (primary N) is 1. The molecule has 1 aromatic carbocycles. The average molecular weight is 294 g/mol. The Hall–Kier alpha value is -3.10. The fourth-order valence-corrected chi connectivity index (χ4v) is 1.59. The summed E-state index contributed by atoms with van der Waals surface area (Å²) in [4.78, 5) is 25.4. The van der Waals surface area contributed by atoms with Crippen LogP contribution < -0.4 is 11.1 Å². The first kappa shape index (κ1) is 14.3. The number of rotatable bonds is 3. The second kappa shape index (κ2) is 5.49. The van der Waals surface area contributed by atoms with Gasteiger partial charge in [-0.05, 0) is 18.2 Å². The summed E-state index contributed by atoms with van der Waals surface area (Å²) in [6.07, 6.45) is 1.27. The number of aromatic nitrogens is 1. The fraction of sp³-hybridized carbons (Fsp3) is 0. The summed E-state index contributed by atoms with van der Waals surface area (Å²) in [7, 11) is 0. The number of anilines is 2. The maximum atomic E-state index is 13.7. The molecular weight excluding hydrogens is 286 g/mol. The molecule has 1 amide bonds. The highest BCUT2D eigenvalue weighted by atomic mass is 19.2. The molecule has 0 bridgehead atoms. The number of nitro groups is 1. The quantitative estimate of drug-likeness (QED) is 0.665. The molecule has 2 rings (SSSR count). The molecule has 7 nitrogen and oxygen atoms in total. The highest BCUT2D eigenvalue weighted by Crippen LogP contribution is 2.29. The van der Waals surface area contributed by atoms with E-state index in [1.54, 1.807) is 0 Å². The topological polar surface area (TPSA) is 111 Å². The summed E-state index contributed by atoms with van der Waals surface area (Å²) in [5.41, 5.74) is 3.60. The van der Waals surface area contributed by atoms with Gasteiger partial charge in [0.25, 0.3) is 11.6 Å². The number of carbonyl (C=O) groups is 1.